The van der Waals surface area contributed by atoms with Crippen LogP contribution in [0.4, 0.5) is 0 Å². The van der Waals surface area contributed by atoms with E-state index in [1.807, 2.05) is 6.92 Å². The normalized spacial score (nSPS) is 13.4. The summed E-state index contributed by atoms with van der Waals surface area (Å²) in [7, 11) is -0.451. The lowest BCUT2D eigenvalue weighted by Gasteiger charge is -2.13. The van der Waals surface area contributed by atoms with Gasteiger partial charge in [0.25, 0.3) is 0 Å². The van der Waals surface area contributed by atoms with Gasteiger partial charge in [-0.25, -0.2) is 0 Å². The highest BCUT2D eigenvalue weighted by Crippen LogP contribution is 1.96. The summed E-state index contributed by atoms with van der Waals surface area (Å²) in [5.41, 5.74) is 0.146. The zero-order valence-electron chi connectivity index (χ0n) is 6.39. The summed E-state index contributed by atoms with van der Waals surface area (Å²) in [6.07, 6.45) is 0. The topological polar surface area (TPSA) is 26.3 Å². The fourth-order valence-electron chi connectivity index (χ4n) is 0.367. The molecule has 0 rings (SSSR count). The molecule has 0 spiro atoms. The van der Waals surface area contributed by atoms with E-state index in [1.165, 1.54) is 6.92 Å². The molecule has 0 saturated carbocycles. The summed E-state index contributed by atoms with van der Waals surface area (Å²) in [5.74, 6) is -0.172. The summed E-state index contributed by atoms with van der Waals surface area (Å²) in [6, 6.07) is 0. The zero-order valence-corrected chi connectivity index (χ0v) is 7.39. The van der Waals surface area contributed by atoms with Crippen molar-refractivity contribution in [1.82, 2.24) is 0 Å². The second-order valence-corrected chi connectivity index (χ2v) is 5.30. The number of rotatable bonds is 2. The molecule has 0 aromatic heterocycles. The maximum atomic E-state index is 10.4. The third-order valence-electron chi connectivity index (χ3n) is 1.16. The highest BCUT2D eigenvalue weighted by atomic mass is 28.3. The van der Waals surface area contributed by atoms with Crippen molar-refractivity contribution >= 4 is 14.8 Å². The van der Waals surface area contributed by atoms with E-state index < -0.39 is 8.80 Å². The molecule has 2 nitrogen and oxygen atoms in total. The van der Waals surface area contributed by atoms with Crippen LogP contribution in [-0.2, 0) is 9.53 Å². The lowest BCUT2D eigenvalue weighted by atomic mass is 10.8. The van der Waals surface area contributed by atoms with Crippen molar-refractivity contribution in [3.63, 3.8) is 0 Å². The van der Waals surface area contributed by atoms with E-state index in [1.54, 1.807) is 0 Å². The summed E-state index contributed by atoms with van der Waals surface area (Å²) in [6.45, 7) is 7.63. The van der Waals surface area contributed by atoms with Crippen LogP contribution in [0.3, 0.4) is 0 Å². The Morgan fingerprint density at radius 3 is 2.11 bits per heavy atom. The number of hydrogen-bond acceptors (Lipinski definition) is 2. The molecule has 0 saturated heterocycles. The second-order valence-electron chi connectivity index (χ2n) is 2.33. The third-order valence-corrected chi connectivity index (χ3v) is 2.90. The van der Waals surface area contributed by atoms with Gasteiger partial charge in [0.05, 0.1) is 14.5 Å². The van der Waals surface area contributed by atoms with Gasteiger partial charge >= 0.3 is 5.97 Å². The zero-order chi connectivity index (χ0) is 7.44. The molecule has 0 N–H and O–H groups in total. The van der Waals surface area contributed by atoms with E-state index in [9.17, 15) is 4.79 Å². The first kappa shape index (κ1) is 8.69. The monoisotopic (exact) mass is 145 g/mol. The van der Waals surface area contributed by atoms with Crippen molar-refractivity contribution in [2.75, 3.05) is 0 Å². The number of esters is 1. The molecule has 0 aliphatic heterocycles. The van der Waals surface area contributed by atoms with E-state index in [4.69, 9.17) is 4.74 Å². The smallest absolute Gasteiger partial charge is 0.302 e. The van der Waals surface area contributed by atoms with Crippen LogP contribution in [0, 0.1) is 0 Å². The van der Waals surface area contributed by atoms with Crippen molar-refractivity contribution in [3.8, 4) is 0 Å². The summed E-state index contributed by atoms with van der Waals surface area (Å²) in [4.78, 5) is 10.4. The molecule has 0 fully saturated rings. The van der Waals surface area contributed by atoms with Crippen LogP contribution in [0.5, 0.6) is 0 Å². The molecule has 53 valence electrons. The Kier molecular flexibility index (Phi) is 3.54. The van der Waals surface area contributed by atoms with Gasteiger partial charge in [-0.3, -0.25) is 4.79 Å². The molecule has 0 aromatic carbocycles. The average molecular weight is 145 g/mol. The SMILES string of the molecule is CC(=O)OC(C)[Si](C)C. The third kappa shape index (κ3) is 4.21. The Bertz CT molecular complexity index is 101. The van der Waals surface area contributed by atoms with Gasteiger partial charge in [-0.2, -0.15) is 0 Å². The quantitative estimate of drug-likeness (QED) is 0.431. The fraction of sp³-hybridized carbons (Fsp3) is 0.833. The Hall–Kier alpha value is -0.313. The molecular formula is C6H13O2Si. The van der Waals surface area contributed by atoms with E-state index >= 15 is 0 Å². The highest BCUT2D eigenvalue weighted by molar-refractivity contribution is 6.57. The largest absolute Gasteiger partial charge is 0.467 e. The first-order valence-electron chi connectivity index (χ1n) is 3.01. The van der Waals surface area contributed by atoms with Crippen LogP contribution in [0.1, 0.15) is 13.8 Å². The van der Waals surface area contributed by atoms with Crippen molar-refractivity contribution < 1.29 is 9.53 Å². The number of carbonyl (C=O) groups is 1. The van der Waals surface area contributed by atoms with E-state index in [0.29, 0.717) is 0 Å². The van der Waals surface area contributed by atoms with Gasteiger partial charge in [0.2, 0.25) is 0 Å². The van der Waals surface area contributed by atoms with Gasteiger partial charge < -0.3 is 4.74 Å². The van der Waals surface area contributed by atoms with Crippen LogP contribution >= 0.6 is 0 Å². The fourth-order valence-corrected chi connectivity index (χ4v) is 0.768. The van der Waals surface area contributed by atoms with Crippen LogP contribution in [0.25, 0.3) is 0 Å². The van der Waals surface area contributed by atoms with Crippen molar-refractivity contribution in [1.29, 1.82) is 0 Å². The minimum absolute atomic E-state index is 0.146. The van der Waals surface area contributed by atoms with Crippen molar-refractivity contribution in [2.24, 2.45) is 0 Å². The van der Waals surface area contributed by atoms with Crippen LogP contribution in [-0.4, -0.2) is 20.5 Å². The average Bonchev–Trinajstić information content (AvgIpc) is 1.63. The molecule has 3 heteroatoms. The Morgan fingerprint density at radius 2 is 2.00 bits per heavy atom. The molecule has 0 aliphatic rings. The minimum Gasteiger partial charge on any atom is -0.467 e. The first-order valence-corrected chi connectivity index (χ1v) is 5.59. The van der Waals surface area contributed by atoms with E-state index in [-0.39, 0.29) is 11.7 Å². The standard InChI is InChI=1S/C6H13O2Si/c1-5(7)8-6(2)9(3)4/h6H,1-4H3. The van der Waals surface area contributed by atoms with Crippen LogP contribution in [0.15, 0.2) is 0 Å². The molecule has 0 heterocycles. The maximum absolute atomic E-state index is 10.4. The van der Waals surface area contributed by atoms with Crippen LogP contribution < -0.4 is 0 Å². The molecule has 1 atom stereocenters. The Balaban J connectivity index is 3.50. The summed E-state index contributed by atoms with van der Waals surface area (Å²) < 4.78 is 4.92. The Labute approximate surface area is 57.8 Å². The molecule has 0 bridgehead atoms. The molecule has 9 heavy (non-hydrogen) atoms. The van der Waals surface area contributed by atoms with Gasteiger partial charge in [-0.1, -0.05) is 13.1 Å². The molecule has 0 amide bonds. The van der Waals surface area contributed by atoms with Crippen LogP contribution in [0.2, 0.25) is 13.1 Å². The van der Waals surface area contributed by atoms with Gasteiger partial charge in [0.1, 0.15) is 0 Å². The Morgan fingerprint density at radius 1 is 1.56 bits per heavy atom. The molecule has 1 unspecified atom stereocenters. The predicted molar refractivity (Wildman–Crippen MR) is 38.7 cm³/mol. The number of carbonyl (C=O) groups excluding carboxylic acids is 1. The van der Waals surface area contributed by atoms with Crippen molar-refractivity contribution in [2.45, 2.75) is 32.7 Å². The van der Waals surface area contributed by atoms with Gasteiger partial charge in [-0.15, -0.1) is 0 Å². The minimum atomic E-state index is -0.451. The number of hydrogen-bond donors (Lipinski definition) is 0. The van der Waals surface area contributed by atoms with Gasteiger partial charge in [0, 0.05) is 6.92 Å². The second kappa shape index (κ2) is 3.66. The van der Waals surface area contributed by atoms with E-state index in [2.05, 4.69) is 13.1 Å². The van der Waals surface area contributed by atoms with Gasteiger partial charge in [-0.05, 0) is 6.92 Å². The molecule has 0 aliphatic carbocycles. The molecule has 0 aromatic rings. The highest BCUT2D eigenvalue weighted by Gasteiger charge is 2.10. The molecule has 1 radical (unpaired) electrons. The number of ether oxygens (including phenoxy) is 1. The molecular weight excluding hydrogens is 132 g/mol. The lowest BCUT2D eigenvalue weighted by Crippen LogP contribution is -2.26. The summed E-state index contributed by atoms with van der Waals surface area (Å²) >= 11 is 0. The maximum Gasteiger partial charge on any atom is 0.302 e. The lowest BCUT2D eigenvalue weighted by molar-refractivity contribution is -0.142. The first-order chi connectivity index (χ1) is 4.04. The predicted octanol–water partition coefficient (Wildman–Crippen LogP) is 1.23. The van der Waals surface area contributed by atoms with Crippen molar-refractivity contribution in [3.05, 3.63) is 0 Å². The van der Waals surface area contributed by atoms with Gasteiger partial charge in [0.15, 0.2) is 0 Å². The summed E-state index contributed by atoms with van der Waals surface area (Å²) in [5, 5.41) is 0. The van der Waals surface area contributed by atoms with E-state index in [0.717, 1.165) is 0 Å².